The Morgan fingerprint density at radius 1 is 0.489 bits per heavy atom. The van der Waals surface area contributed by atoms with Gasteiger partial charge in [-0.1, -0.05) is 102 Å². The van der Waals surface area contributed by atoms with Crippen molar-refractivity contribution >= 4 is 70.9 Å². The Labute approximate surface area is 548 Å². The topological polar surface area (TPSA) is 311 Å². The van der Waals surface area contributed by atoms with E-state index >= 15 is 24.0 Å². The van der Waals surface area contributed by atoms with Crippen molar-refractivity contribution in [3.05, 3.63) is 12.2 Å². The van der Waals surface area contributed by atoms with Gasteiger partial charge in [-0.05, 0) is 101 Å². The van der Waals surface area contributed by atoms with Crippen LogP contribution in [-0.2, 0) is 57.5 Å². The van der Waals surface area contributed by atoms with Gasteiger partial charge in [-0.3, -0.25) is 62.4 Å². The molecule has 0 bridgehead atoms. The SMILES string of the molecule is C/C=C/C[C@@H](C)[C@@H](O)[C@H]1C(=O)N[C@@H](CC)C(=O)N(C)[C@H](C)C(=O)N(C)[C@@H]([C@H](C)CN2CCNC(=O)C2)C(=O)NC(C(C)C)C(=O)N(C)[C@@H](CC(C)C)C(=O)N[C@@H](C)C(=O)N[C@H](C)C(=O)N(C)[C@@H](CC(C)C)C(=O)N(C)[C@@H](CC(C)C)C(=O)N(C)C(C(C)C)C(=O)N1C. The van der Waals surface area contributed by atoms with Crippen molar-refractivity contribution < 1.29 is 62.6 Å². The van der Waals surface area contributed by atoms with Crippen molar-refractivity contribution in [3.8, 4) is 0 Å². The Bertz CT molecular complexity index is 2600. The molecule has 6 N–H and O–H groups in total. The highest BCUT2D eigenvalue weighted by molar-refractivity contribution is 6.00. The van der Waals surface area contributed by atoms with Gasteiger partial charge in [0.25, 0.3) is 0 Å². The van der Waals surface area contributed by atoms with E-state index in [-0.39, 0.29) is 68.9 Å². The summed E-state index contributed by atoms with van der Waals surface area (Å²) in [6.07, 6.45) is 2.71. The molecule has 2 rings (SSSR count). The lowest BCUT2D eigenvalue weighted by Crippen LogP contribution is -2.64. The van der Waals surface area contributed by atoms with Crippen LogP contribution in [0.1, 0.15) is 150 Å². The summed E-state index contributed by atoms with van der Waals surface area (Å²) in [5.74, 6) is -11.1. The van der Waals surface area contributed by atoms with E-state index in [4.69, 9.17) is 0 Å². The minimum absolute atomic E-state index is 0.0172. The van der Waals surface area contributed by atoms with Crippen molar-refractivity contribution in [1.82, 2.24) is 65.8 Å². The van der Waals surface area contributed by atoms with E-state index < -0.39 is 161 Å². The molecule has 2 aliphatic rings. The largest absolute Gasteiger partial charge is 0.390 e. The third-order valence-electron chi connectivity index (χ3n) is 18.0. The zero-order chi connectivity index (χ0) is 70.8. The Morgan fingerprint density at radius 2 is 0.957 bits per heavy atom. The number of aliphatic hydroxyl groups is 1. The highest BCUT2D eigenvalue weighted by Gasteiger charge is 2.47. The van der Waals surface area contributed by atoms with E-state index in [1.165, 1.54) is 94.6 Å². The second kappa shape index (κ2) is 36.7. The third-order valence-corrected chi connectivity index (χ3v) is 18.0. The molecule has 524 valence electrons. The number of amides is 12. The normalized spacial score (nSPS) is 28.0. The molecular formula is C66H117N13O13. The number of nitrogens with one attached hydrogen (secondary N) is 5. The standard InChI is InChI=1S/C66H117N13O13/c1-25-27-28-41(13)55(81)54-59(85)70-46(26-2)62(88)72(18)45(17)61(87)77(23)53(42(14)34-79-30-29-67-50(80)35-79)58(84)71-51(39(9)10)65(91)73(19)47(31-36(3)4)57(83)68-43(15)56(82)69-44(16)60(86)74(20)48(32-37(5)6)63(89)75(21)49(33-38(7)8)64(90)76(22)52(40(11)12)66(92)78(54)24/h25,27,36-49,51-55,81H,26,28-35H2,1-24H3,(H,67,80)(H,68,83)(H,69,82)(H,70,85)(H,71,84)/b27-25+/t41-,42-,43+,44-,45-,46+,47+,48+,49+,51?,52?,53+,54+,55-/m1/s1. The molecule has 0 aromatic carbocycles. The predicted molar refractivity (Wildman–Crippen MR) is 352 cm³/mol. The first-order chi connectivity index (χ1) is 42.6. The zero-order valence-corrected chi connectivity index (χ0v) is 59.9. The summed E-state index contributed by atoms with van der Waals surface area (Å²) in [5, 5.41) is 26.0. The summed E-state index contributed by atoms with van der Waals surface area (Å²) in [5.41, 5.74) is 0. The predicted octanol–water partition coefficient (Wildman–Crippen LogP) is 1.68. The highest BCUT2D eigenvalue weighted by atomic mass is 16.3. The quantitative estimate of drug-likeness (QED) is 0.120. The van der Waals surface area contributed by atoms with Crippen molar-refractivity contribution in [2.45, 2.75) is 222 Å². The molecule has 0 saturated carbocycles. The number of aliphatic hydroxyl groups excluding tert-OH is 1. The lowest BCUT2D eigenvalue weighted by molar-refractivity contribution is -0.157. The first-order valence-corrected chi connectivity index (χ1v) is 33.0. The zero-order valence-electron chi connectivity index (χ0n) is 59.9. The summed E-state index contributed by atoms with van der Waals surface area (Å²) < 4.78 is 0. The fraction of sp³-hybridized carbons (Fsp3) is 0.788. The molecule has 2 heterocycles. The second-order valence-electron chi connectivity index (χ2n) is 27.8. The van der Waals surface area contributed by atoms with Crippen LogP contribution in [0.25, 0.3) is 0 Å². The average Bonchev–Trinajstić information content (AvgIpc) is 0.935. The van der Waals surface area contributed by atoms with Crippen molar-refractivity contribution in [1.29, 1.82) is 0 Å². The maximum Gasteiger partial charge on any atom is 0.246 e. The molecule has 92 heavy (non-hydrogen) atoms. The van der Waals surface area contributed by atoms with Crippen LogP contribution in [0.2, 0.25) is 0 Å². The van der Waals surface area contributed by atoms with E-state index in [1.807, 2.05) is 46.4 Å². The molecule has 0 aromatic rings. The average molecular weight is 1300 g/mol. The summed E-state index contributed by atoms with van der Waals surface area (Å²) in [7, 11) is 9.85. The number of allylic oxidation sites excluding steroid dienone is 2. The van der Waals surface area contributed by atoms with Crippen LogP contribution < -0.4 is 26.6 Å². The van der Waals surface area contributed by atoms with Crippen LogP contribution >= 0.6 is 0 Å². The van der Waals surface area contributed by atoms with Crippen LogP contribution in [-0.4, -0.2) is 263 Å². The van der Waals surface area contributed by atoms with Gasteiger partial charge in [0.05, 0.1) is 12.6 Å². The number of nitrogens with zero attached hydrogens (tertiary/aromatic N) is 8. The molecule has 0 aromatic heterocycles. The summed E-state index contributed by atoms with van der Waals surface area (Å²) in [6, 6.07) is -14.2. The van der Waals surface area contributed by atoms with Crippen LogP contribution in [0.4, 0.5) is 0 Å². The van der Waals surface area contributed by atoms with Gasteiger partial charge in [-0.15, -0.1) is 0 Å². The number of hydrogen-bond donors (Lipinski definition) is 6. The molecule has 2 aliphatic heterocycles. The molecular weight excluding hydrogens is 1180 g/mol. The number of rotatable bonds is 16. The van der Waals surface area contributed by atoms with E-state index in [0.29, 0.717) is 13.1 Å². The van der Waals surface area contributed by atoms with Gasteiger partial charge in [0.15, 0.2) is 0 Å². The van der Waals surface area contributed by atoms with Crippen LogP contribution in [0.5, 0.6) is 0 Å². The fourth-order valence-electron chi connectivity index (χ4n) is 12.2. The number of carbonyl (C=O) groups excluding carboxylic acids is 12. The van der Waals surface area contributed by atoms with Gasteiger partial charge in [0.1, 0.15) is 66.5 Å². The minimum atomic E-state index is -1.65. The number of piperazine rings is 1. The van der Waals surface area contributed by atoms with Gasteiger partial charge in [0, 0.05) is 69.0 Å². The van der Waals surface area contributed by atoms with E-state index in [2.05, 4.69) is 26.6 Å². The number of likely N-dealkylation sites (N-methyl/N-ethyl adjacent to an activating group) is 7. The molecule has 0 radical (unpaired) electrons. The Kier molecular flexibility index (Phi) is 32.4. The number of carbonyl (C=O) groups is 12. The Balaban J connectivity index is 3.06. The summed E-state index contributed by atoms with van der Waals surface area (Å²) >= 11 is 0. The van der Waals surface area contributed by atoms with Crippen molar-refractivity contribution in [2.24, 2.45) is 41.4 Å². The van der Waals surface area contributed by atoms with Gasteiger partial charge in [-0.25, -0.2) is 0 Å². The smallest absolute Gasteiger partial charge is 0.246 e. The maximum absolute atomic E-state index is 15.3. The molecule has 14 atom stereocenters. The highest BCUT2D eigenvalue weighted by Crippen LogP contribution is 2.26. The molecule has 2 unspecified atom stereocenters. The van der Waals surface area contributed by atoms with E-state index in [1.54, 1.807) is 67.5 Å². The van der Waals surface area contributed by atoms with Gasteiger partial charge in [-0.2, -0.15) is 0 Å². The van der Waals surface area contributed by atoms with Crippen LogP contribution in [0, 0.1) is 41.4 Å². The molecule has 26 heteroatoms. The molecule has 2 saturated heterocycles. The lowest BCUT2D eigenvalue weighted by Gasteiger charge is -2.41. The molecule has 12 amide bonds. The first-order valence-electron chi connectivity index (χ1n) is 33.0. The van der Waals surface area contributed by atoms with Crippen molar-refractivity contribution in [3.63, 3.8) is 0 Å². The Hall–Kier alpha value is -6.70. The van der Waals surface area contributed by atoms with Crippen molar-refractivity contribution in [2.75, 3.05) is 75.5 Å². The molecule has 0 spiro atoms. The third kappa shape index (κ3) is 21.7. The molecule has 26 nitrogen and oxygen atoms in total. The van der Waals surface area contributed by atoms with Gasteiger partial charge >= 0.3 is 0 Å². The fourth-order valence-corrected chi connectivity index (χ4v) is 12.2. The Morgan fingerprint density at radius 3 is 1.45 bits per heavy atom. The maximum atomic E-state index is 15.3. The summed E-state index contributed by atoms with van der Waals surface area (Å²) in [4.78, 5) is 186. The summed E-state index contributed by atoms with van der Waals surface area (Å²) in [6.45, 7) is 30.1. The van der Waals surface area contributed by atoms with E-state index in [9.17, 15) is 38.7 Å². The molecule has 2 fully saturated rings. The van der Waals surface area contributed by atoms with E-state index in [0.717, 1.165) is 9.80 Å². The van der Waals surface area contributed by atoms with Crippen LogP contribution in [0.3, 0.4) is 0 Å². The van der Waals surface area contributed by atoms with Gasteiger partial charge in [0.2, 0.25) is 70.9 Å². The molecule has 0 aliphatic carbocycles. The lowest BCUT2D eigenvalue weighted by atomic mass is 9.91. The second-order valence-corrected chi connectivity index (χ2v) is 27.8. The van der Waals surface area contributed by atoms with Crippen LogP contribution in [0.15, 0.2) is 12.2 Å². The minimum Gasteiger partial charge on any atom is -0.390 e. The number of hydrogen-bond acceptors (Lipinski definition) is 14. The van der Waals surface area contributed by atoms with Gasteiger partial charge < -0.3 is 66.0 Å². The first kappa shape index (κ1) is 81.4. The monoisotopic (exact) mass is 1300 g/mol.